The van der Waals surface area contributed by atoms with Crippen molar-refractivity contribution in [3.63, 3.8) is 0 Å². The molecule has 1 amide bonds. The molecule has 0 atom stereocenters. The van der Waals surface area contributed by atoms with E-state index in [9.17, 15) is 4.79 Å². The van der Waals surface area contributed by atoms with Gasteiger partial charge in [-0.2, -0.15) is 10.2 Å². The molecule has 0 saturated carbocycles. The number of halogens is 1. The second-order valence-electron chi connectivity index (χ2n) is 3.81. The van der Waals surface area contributed by atoms with Crippen molar-refractivity contribution in [2.75, 3.05) is 0 Å². The Morgan fingerprint density at radius 3 is 2.89 bits per heavy atom. The zero-order valence-corrected chi connectivity index (χ0v) is 11.0. The fourth-order valence-electron chi connectivity index (χ4n) is 1.59. The molecular weight excluding hydrogens is 254 g/mol. The van der Waals surface area contributed by atoms with Gasteiger partial charge in [0.1, 0.15) is 5.69 Å². The third kappa shape index (κ3) is 2.53. The number of nitrogens with one attached hydrogen (secondary N) is 1. The molecule has 0 aromatic carbocycles. The first-order chi connectivity index (χ1) is 8.61. The third-order valence-corrected chi connectivity index (χ3v) is 2.84. The van der Waals surface area contributed by atoms with Crippen LogP contribution in [0.1, 0.15) is 23.1 Å². The molecule has 0 aliphatic rings. The Labute approximate surface area is 110 Å². The molecule has 2 aromatic rings. The van der Waals surface area contributed by atoms with Crippen LogP contribution in [0.15, 0.2) is 18.5 Å². The van der Waals surface area contributed by atoms with Crippen LogP contribution in [0.5, 0.6) is 0 Å². The number of aromatic nitrogens is 4. The number of carbonyl (C=O) groups is 1. The molecule has 0 spiro atoms. The lowest BCUT2D eigenvalue weighted by molar-refractivity contribution is 0.0941. The van der Waals surface area contributed by atoms with Crippen LogP contribution < -0.4 is 5.32 Å². The largest absolute Gasteiger partial charge is 0.345 e. The molecule has 2 aromatic heterocycles. The van der Waals surface area contributed by atoms with E-state index in [1.54, 1.807) is 11.7 Å². The summed E-state index contributed by atoms with van der Waals surface area (Å²) in [5.41, 5.74) is 1.16. The van der Waals surface area contributed by atoms with Crippen LogP contribution in [0, 0.1) is 0 Å². The minimum absolute atomic E-state index is 0.258. The molecule has 0 fully saturated rings. The van der Waals surface area contributed by atoms with E-state index in [1.807, 2.05) is 19.2 Å². The number of rotatable bonds is 4. The Hall–Kier alpha value is -1.82. The number of aryl methyl sites for hydroxylation is 2. The van der Waals surface area contributed by atoms with Crippen LogP contribution >= 0.6 is 11.6 Å². The summed E-state index contributed by atoms with van der Waals surface area (Å²) in [6.45, 7) is 3.18. The lowest BCUT2D eigenvalue weighted by atomic mass is 10.3. The number of nitrogens with zero attached hydrogens (tertiary/aromatic N) is 4. The van der Waals surface area contributed by atoms with E-state index in [1.165, 1.54) is 10.9 Å². The molecule has 0 aliphatic carbocycles. The highest BCUT2D eigenvalue weighted by Gasteiger charge is 2.15. The number of hydrogen-bond acceptors (Lipinski definition) is 3. The van der Waals surface area contributed by atoms with Gasteiger partial charge in [-0.15, -0.1) is 0 Å². The molecule has 0 saturated heterocycles. The molecule has 7 heteroatoms. The predicted octanol–water partition coefficient (Wildman–Crippen LogP) is 1.22. The maximum atomic E-state index is 11.9. The van der Waals surface area contributed by atoms with Crippen molar-refractivity contribution in [2.45, 2.75) is 20.0 Å². The minimum Gasteiger partial charge on any atom is -0.345 e. The second-order valence-corrected chi connectivity index (χ2v) is 4.22. The summed E-state index contributed by atoms with van der Waals surface area (Å²) >= 11 is 5.88. The summed E-state index contributed by atoms with van der Waals surface area (Å²) in [5, 5.41) is 11.3. The van der Waals surface area contributed by atoms with Gasteiger partial charge in [0, 0.05) is 19.8 Å². The van der Waals surface area contributed by atoms with Gasteiger partial charge in [0.15, 0.2) is 0 Å². The summed E-state index contributed by atoms with van der Waals surface area (Å²) in [6.07, 6.45) is 3.32. The van der Waals surface area contributed by atoms with Crippen LogP contribution in [0.4, 0.5) is 0 Å². The predicted molar refractivity (Wildman–Crippen MR) is 67.3 cm³/mol. The van der Waals surface area contributed by atoms with Crippen molar-refractivity contribution >= 4 is 17.5 Å². The third-order valence-electron chi connectivity index (χ3n) is 2.56. The van der Waals surface area contributed by atoms with Crippen LogP contribution in [0.25, 0.3) is 0 Å². The summed E-state index contributed by atoms with van der Waals surface area (Å²) in [5.74, 6) is -0.258. The standard InChI is InChI=1S/C11H14ClN5O/c1-3-17-5-4-8(15-17)6-13-11(18)10-9(12)7-14-16(10)2/h4-5,7H,3,6H2,1-2H3,(H,13,18). The Kier molecular flexibility index (Phi) is 3.66. The summed E-state index contributed by atoms with van der Waals surface area (Å²) in [4.78, 5) is 11.9. The highest BCUT2D eigenvalue weighted by molar-refractivity contribution is 6.33. The first-order valence-electron chi connectivity index (χ1n) is 5.60. The van der Waals surface area contributed by atoms with Gasteiger partial charge in [-0.3, -0.25) is 14.2 Å². The lowest BCUT2D eigenvalue weighted by Crippen LogP contribution is -2.25. The van der Waals surface area contributed by atoms with Crippen LogP contribution in [0.3, 0.4) is 0 Å². The number of hydrogen-bond donors (Lipinski definition) is 1. The molecular formula is C11H14ClN5O. The summed E-state index contributed by atoms with van der Waals surface area (Å²) in [6, 6.07) is 1.87. The fourth-order valence-corrected chi connectivity index (χ4v) is 1.85. The monoisotopic (exact) mass is 267 g/mol. The van der Waals surface area contributed by atoms with Gasteiger partial charge in [-0.05, 0) is 13.0 Å². The van der Waals surface area contributed by atoms with Gasteiger partial charge in [-0.1, -0.05) is 11.6 Å². The zero-order valence-electron chi connectivity index (χ0n) is 10.2. The van der Waals surface area contributed by atoms with Crippen molar-refractivity contribution in [3.8, 4) is 0 Å². The van der Waals surface area contributed by atoms with Gasteiger partial charge in [-0.25, -0.2) is 0 Å². The van der Waals surface area contributed by atoms with Crippen molar-refractivity contribution in [3.05, 3.63) is 34.9 Å². The first kappa shape index (κ1) is 12.6. The van der Waals surface area contributed by atoms with Crippen LogP contribution in [-0.4, -0.2) is 25.5 Å². The Balaban J connectivity index is 2.00. The second kappa shape index (κ2) is 5.22. The topological polar surface area (TPSA) is 64.7 Å². The van der Waals surface area contributed by atoms with Gasteiger partial charge >= 0.3 is 0 Å². The molecule has 96 valence electrons. The van der Waals surface area contributed by atoms with E-state index in [2.05, 4.69) is 15.5 Å². The zero-order chi connectivity index (χ0) is 13.1. The molecule has 0 aliphatic heterocycles. The van der Waals surface area contributed by atoms with E-state index in [-0.39, 0.29) is 5.91 Å². The molecule has 2 rings (SSSR count). The van der Waals surface area contributed by atoms with Crippen molar-refractivity contribution in [1.82, 2.24) is 24.9 Å². The molecule has 1 N–H and O–H groups in total. The lowest BCUT2D eigenvalue weighted by Gasteiger charge is -2.04. The average Bonchev–Trinajstić information content (AvgIpc) is 2.93. The summed E-state index contributed by atoms with van der Waals surface area (Å²) < 4.78 is 3.25. The van der Waals surface area contributed by atoms with Gasteiger partial charge < -0.3 is 5.32 Å². The Morgan fingerprint density at radius 2 is 2.33 bits per heavy atom. The van der Waals surface area contributed by atoms with E-state index in [4.69, 9.17) is 11.6 Å². The van der Waals surface area contributed by atoms with Gasteiger partial charge in [0.25, 0.3) is 5.91 Å². The van der Waals surface area contributed by atoms with Crippen LogP contribution in [0.2, 0.25) is 5.02 Å². The minimum atomic E-state index is -0.258. The molecule has 2 heterocycles. The van der Waals surface area contributed by atoms with E-state index in [0.29, 0.717) is 17.3 Å². The van der Waals surface area contributed by atoms with E-state index >= 15 is 0 Å². The van der Waals surface area contributed by atoms with Gasteiger partial charge in [0.05, 0.1) is 23.5 Å². The maximum Gasteiger partial charge on any atom is 0.271 e. The van der Waals surface area contributed by atoms with Crippen LogP contribution in [-0.2, 0) is 20.1 Å². The highest BCUT2D eigenvalue weighted by Crippen LogP contribution is 2.13. The Bertz CT molecular complexity index is 540. The molecule has 0 unspecified atom stereocenters. The van der Waals surface area contributed by atoms with Crippen molar-refractivity contribution in [1.29, 1.82) is 0 Å². The molecule has 6 nitrogen and oxygen atoms in total. The number of amides is 1. The average molecular weight is 268 g/mol. The first-order valence-corrected chi connectivity index (χ1v) is 5.97. The fraction of sp³-hybridized carbons (Fsp3) is 0.364. The van der Waals surface area contributed by atoms with Crippen molar-refractivity contribution in [2.24, 2.45) is 7.05 Å². The Morgan fingerprint density at radius 1 is 1.56 bits per heavy atom. The number of carbonyl (C=O) groups excluding carboxylic acids is 1. The van der Waals surface area contributed by atoms with Crippen molar-refractivity contribution < 1.29 is 4.79 Å². The highest BCUT2D eigenvalue weighted by atomic mass is 35.5. The van der Waals surface area contributed by atoms with Gasteiger partial charge in [0.2, 0.25) is 0 Å². The quantitative estimate of drug-likeness (QED) is 0.906. The molecule has 0 radical (unpaired) electrons. The van der Waals surface area contributed by atoms with E-state index < -0.39 is 0 Å². The maximum absolute atomic E-state index is 11.9. The normalized spacial score (nSPS) is 10.6. The SMILES string of the molecule is CCn1ccc(CNC(=O)c2c(Cl)cnn2C)n1. The van der Waals surface area contributed by atoms with E-state index in [0.717, 1.165) is 12.2 Å². The molecule has 0 bridgehead atoms. The smallest absolute Gasteiger partial charge is 0.271 e. The molecule has 18 heavy (non-hydrogen) atoms. The summed E-state index contributed by atoms with van der Waals surface area (Å²) in [7, 11) is 1.67.